The monoisotopic (exact) mass is 277 g/mol. The molecule has 0 unspecified atom stereocenters. The molecule has 0 aliphatic heterocycles. The van der Waals surface area contributed by atoms with E-state index in [0.717, 1.165) is 48.0 Å². The van der Waals surface area contributed by atoms with Crippen LogP contribution in [0, 0.1) is 27.7 Å². The minimum Gasteiger partial charge on any atom is -0.241 e. The number of hydrogen-bond donors (Lipinski definition) is 0. The molecule has 3 aromatic heterocycles. The molecule has 0 amide bonds. The quantitative estimate of drug-likeness (QED) is 0.620. The molecule has 0 fully saturated rings. The molecule has 3 rings (SSSR count). The van der Waals surface area contributed by atoms with Crippen LogP contribution in [0.1, 0.15) is 22.6 Å². The smallest absolute Gasteiger partial charge is 0.125 e. The Morgan fingerprint density at radius 3 is 2.28 bits per heavy atom. The second-order valence-electron chi connectivity index (χ2n) is 4.49. The molecule has 0 saturated heterocycles. The van der Waals surface area contributed by atoms with Crippen molar-refractivity contribution < 1.29 is 0 Å². The number of hydrogen-bond acceptors (Lipinski definition) is 4. The average Bonchev–Trinajstić information content (AvgIpc) is 2.71. The molecule has 0 atom stereocenters. The van der Waals surface area contributed by atoms with Gasteiger partial charge in [0.1, 0.15) is 4.83 Å². The molecule has 18 heavy (non-hydrogen) atoms. The van der Waals surface area contributed by atoms with Crippen LogP contribution < -0.4 is 0 Å². The van der Waals surface area contributed by atoms with Gasteiger partial charge in [-0.25, -0.2) is 4.98 Å². The maximum atomic E-state index is 6.31. The minimum absolute atomic E-state index is 0.746. The Kier molecular flexibility index (Phi) is 2.54. The van der Waals surface area contributed by atoms with Crippen LogP contribution in [-0.2, 0) is 0 Å². The van der Waals surface area contributed by atoms with Crippen molar-refractivity contribution in [3.63, 3.8) is 0 Å². The fourth-order valence-corrected chi connectivity index (χ4v) is 3.68. The molecule has 0 N–H and O–H groups in total. The predicted octanol–water partition coefficient (Wildman–Crippen LogP) is 4.13. The zero-order valence-electron chi connectivity index (χ0n) is 10.6. The zero-order chi connectivity index (χ0) is 13.0. The summed E-state index contributed by atoms with van der Waals surface area (Å²) in [6, 6.07) is 0. The van der Waals surface area contributed by atoms with Gasteiger partial charge in [0.2, 0.25) is 0 Å². The van der Waals surface area contributed by atoms with E-state index in [2.05, 4.69) is 15.2 Å². The Morgan fingerprint density at radius 2 is 1.56 bits per heavy atom. The number of aryl methyl sites for hydroxylation is 4. The number of halogens is 1. The van der Waals surface area contributed by atoms with Crippen molar-refractivity contribution in [1.82, 2.24) is 15.2 Å². The van der Waals surface area contributed by atoms with Gasteiger partial charge in [-0.3, -0.25) is 0 Å². The van der Waals surface area contributed by atoms with E-state index in [1.54, 1.807) is 11.3 Å². The highest BCUT2D eigenvalue weighted by Gasteiger charge is 2.17. The van der Waals surface area contributed by atoms with E-state index in [9.17, 15) is 0 Å². The van der Waals surface area contributed by atoms with Gasteiger partial charge in [-0.2, -0.15) is 10.2 Å². The van der Waals surface area contributed by atoms with Crippen LogP contribution in [0.2, 0.25) is 5.02 Å². The van der Waals surface area contributed by atoms with Gasteiger partial charge in [0, 0.05) is 10.8 Å². The van der Waals surface area contributed by atoms with Gasteiger partial charge in [-0.15, -0.1) is 11.3 Å². The van der Waals surface area contributed by atoms with Crippen LogP contribution in [0.15, 0.2) is 0 Å². The van der Waals surface area contributed by atoms with E-state index in [0.29, 0.717) is 0 Å². The summed E-state index contributed by atoms with van der Waals surface area (Å²) < 4.78 is 1.16. The maximum Gasteiger partial charge on any atom is 0.125 e. The molecule has 0 aliphatic carbocycles. The Morgan fingerprint density at radius 1 is 0.889 bits per heavy atom. The van der Waals surface area contributed by atoms with Crippen molar-refractivity contribution in [3.8, 4) is 0 Å². The number of nitrogens with zero attached hydrogens (tertiary/aromatic N) is 3. The Labute approximate surface area is 114 Å². The Bertz CT molecular complexity index is 792. The van der Waals surface area contributed by atoms with E-state index in [1.807, 2.05) is 27.7 Å². The van der Waals surface area contributed by atoms with Gasteiger partial charge in [-0.05, 0) is 33.3 Å². The van der Waals surface area contributed by atoms with Gasteiger partial charge in [0.15, 0.2) is 0 Å². The number of pyridine rings is 1. The van der Waals surface area contributed by atoms with Gasteiger partial charge < -0.3 is 0 Å². The standard InChI is InChI=1S/C13H12ClN3S/c1-5-9-10-6(2)16-17-8(4)12(10)18-13(9)15-7(3)11(5)14/h1-4H3. The van der Waals surface area contributed by atoms with Crippen LogP contribution in [0.25, 0.3) is 20.3 Å². The summed E-state index contributed by atoms with van der Waals surface area (Å²) in [5.41, 5.74) is 3.85. The normalized spacial score (nSPS) is 11.6. The number of fused-ring (bicyclic) bond motifs is 3. The molecular formula is C13H12ClN3S. The number of aromatic nitrogens is 3. The summed E-state index contributed by atoms with van der Waals surface area (Å²) in [6.45, 7) is 7.94. The number of rotatable bonds is 0. The van der Waals surface area contributed by atoms with Crippen LogP contribution >= 0.6 is 22.9 Å². The second kappa shape index (κ2) is 3.87. The van der Waals surface area contributed by atoms with Crippen LogP contribution in [0.3, 0.4) is 0 Å². The highest BCUT2D eigenvalue weighted by atomic mass is 35.5. The fraction of sp³-hybridized carbons (Fsp3) is 0.308. The van der Waals surface area contributed by atoms with Crippen molar-refractivity contribution >= 4 is 43.2 Å². The first-order valence-corrected chi connectivity index (χ1v) is 6.89. The lowest BCUT2D eigenvalue weighted by Gasteiger charge is -2.04. The van der Waals surface area contributed by atoms with Gasteiger partial charge in [0.25, 0.3) is 0 Å². The number of thiophene rings is 1. The SMILES string of the molecule is Cc1nc2sc3c(C)nnc(C)c3c2c(C)c1Cl. The Hall–Kier alpha value is -1.26. The molecule has 0 saturated carbocycles. The van der Waals surface area contributed by atoms with Crippen LogP contribution in [-0.4, -0.2) is 15.2 Å². The lowest BCUT2D eigenvalue weighted by Crippen LogP contribution is -1.92. The topological polar surface area (TPSA) is 38.7 Å². The molecule has 3 heterocycles. The molecule has 5 heteroatoms. The maximum absolute atomic E-state index is 6.31. The Balaban J connectivity index is 2.66. The second-order valence-corrected chi connectivity index (χ2v) is 5.87. The van der Waals surface area contributed by atoms with E-state index >= 15 is 0 Å². The molecular weight excluding hydrogens is 266 g/mol. The van der Waals surface area contributed by atoms with Crippen molar-refractivity contribution in [2.75, 3.05) is 0 Å². The minimum atomic E-state index is 0.746. The highest BCUT2D eigenvalue weighted by molar-refractivity contribution is 7.25. The molecule has 3 nitrogen and oxygen atoms in total. The third kappa shape index (κ3) is 1.45. The van der Waals surface area contributed by atoms with Crippen molar-refractivity contribution in [1.29, 1.82) is 0 Å². The van der Waals surface area contributed by atoms with Gasteiger partial charge in [-0.1, -0.05) is 11.6 Å². The summed E-state index contributed by atoms with van der Waals surface area (Å²) in [5, 5.41) is 11.4. The summed E-state index contributed by atoms with van der Waals surface area (Å²) in [7, 11) is 0. The van der Waals surface area contributed by atoms with Crippen LogP contribution in [0.4, 0.5) is 0 Å². The molecule has 0 bridgehead atoms. The largest absolute Gasteiger partial charge is 0.241 e. The van der Waals surface area contributed by atoms with E-state index in [4.69, 9.17) is 11.6 Å². The third-order valence-electron chi connectivity index (χ3n) is 3.22. The summed E-state index contributed by atoms with van der Waals surface area (Å²) in [6.07, 6.45) is 0. The summed E-state index contributed by atoms with van der Waals surface area (Å²) in [4.78, 5) is 5.61. The first kappa shape index (κ1) is 11.8. The lowest BCUT2D eigenvalue weighted by molar-refractivity contribution is 0.968. The molecule has 3 aromatic rings. The lowest BCUT2D eigenvalue weighted by atomic mass is 10.1. The first-order chi connectivity index (χ1) is 8.50. The molecule has 0 aromatic carbocycles. The highest BCUT2D eigenvalue weighted by Crippen LogP contribution is 2.39. The van der Waals surface area contributed by atoms with Crippen molar-refractivity contribution in [3.05, 3.63) is 27.7 Å². The van der Waals surface area contributed by atoms with Crippen molar-refractivity contribution in [2.45, 2.75) is 27.7 Å². The fourth-order valence-electron chi connectivity index (χ4n) is 2.27. The van der Waals surface area contributed by atoms with Crippen LogP contribution in [0.5, 0.6) is 0 Å². The molecule has 92 valence electrons. The van der Waals surface area contributed by atoms with E-state index in [-0.39, 0.29) is 0 Å². The molecule has 0 aliphatic rings. The predicted molar refractivity (Wildman–Crippen MR) is 76.7 cm³/mol. The molecule has 0 spiro atoms. The summed E-state index contributed by atoms with van der Waals surface area (Å²) >= 11 is 7.98. The van der Waals surface area contributed by atoms with Gasteiger partial charge in [0.05, 0.1) is 26.8 Å². The van der Waals surface area contributed by atoms with Gasteiger partial charge >= 0.3 is 0 Å². The molecule has 0 radical (unpaired) electrons. The summed E-state index contributed by atoms with van der Waals surface area (Å²) in [5.74, 6) is 0. The van der Waals surface area contributed by atoms with E-state index in [1.165, 1.54) is 0 Å². The zero-order valence-corrected chi connectivity index (χ0v) is 12.2. The third-order valence-corrected chi connectivity index (χ3v) is 4.97. The van der Waals surface area contributed by atoms with Crippen molar-refractivity contribution in [2.24, 2.45) is 0 Å². The van der Waals surface area contributed by atoms with E-state index < -0.39 is 0 Å². The average molecular weight is 278 g/mol. The first-order valence-electron chi connectivity index (χ1n) is 5.69.